The number of H-pyrrole nitrogens is 1. The number of ether oxygens (including phenoxy) is 1. The van der Waals surface area contributed by atoms with Crippen LogP contribution in [0, 0.1) is 39.7 Å². The van der Waals surface area contributed by atoms with Gasteiger partial charge in [-0.15, -0.1) is 11.8 Å². The lowest BCUT2D eigenvalue weighted by Crippen LogP contribution is -2.42. The minimum absolute atomic E-state index is 0.00150. The number of nitrogens with zero attached hydrogens (tertiary/aromatic N) is 2. The maximum atomic E-state index is 13.9. The molecule has 4 aliphatic rings. The van der Waals surface area contributed by atoms with Gasteiger partial charge in [0.15, 0.2) is 6.61 Å². The third-order valence-electron chi connectivity index (χ3n) is 9.80. The quantitative estimate of drug-likeness (QED) is 0.109. The second-order valence-corrected chi connectivity index (χ2v) is 14.4. The highest BCUT2D eigenvalue weighted by Crippen LogP contribution is 2.68. The van der Waals surface area contributed by atoms with E-state index >= 15 is 0 Å². The number of aromatic amines is 1. The van der Waals surface area contributed by atoms with Crippen LogP contribution in [0.3, 0.4) is 0 Å². The first-order valence-electron chi connectivity index (χ1n) is 15.0. The summed E-state index contributed by atoms with van der Waals surface area (Å²) < 4.78 is 5.73. The molecule has 1 saturated heterocycles. The van der Waals surface area contributed by atoms with E-state index in [0.29, 0.717) is 17.1 Å². The zero-order valence-corrected chi connectivity index (χ0v) is 26.0. The minimum atomic E-state index is -0.521. The van der Waals surface area contributed by atoms with Crippen LogP contribution < -0.4 is 19.8 Å². The number of carbonyl (C=O) groups is 3. The molecule has 3 N–H and O–H groups in total. The first kappa shape index (κ1) is 29.5. The van der Waals surface area contributed by atoms with Gasteiger partial charge >= 0.3 is 4.87 Å². The molecule has 2 saturated carbocycles. The summed E-state index contributed by atoms with van der Waals surface area (Å²) >= 11 is 2.76. The van der Waals surface area contributed by atoms with Crippen LogP contribution in [0.2, 0.25) is 0 Å². The van der Waals surface area contributed by atoms with Crippen LogP contribution in [0.4, 0.5) is 17.1 Å². The van der Waals surface area contributed by atoms with Crippen LogP contribution in [0.5, 0.6) is 11.5 Å². The Bertz CT molecular complexity index is 1990. The van der Waals surface area contributed by atoms with Crippen LogP contribution in [-0.2, 0) is 14.4 Å². The summed E-state index contributed by atoms with van der Waals surface area (Å²) in [7, 11) is 0. The SMILES string of the molecule is O=C(COc1ccc([C@@H]2c3sc(=O)[nH]c3S[C@@H]3[C@@H]4C[C@@H]([C@@H]5C(=O)N(c6ccc([N+](=O)[O-])cc6)C(=O)[C@@H]45)[C@H]23)cc1)Nc1ccc(O)cc1. The van der Waals surface area contributed by atoms with E-state index in [0.717, 1.165) is 21.9 Å². The van der Waals surface area contributed by atoms with E-state index in [2.05, 4.69) is 10.3 Å². The van der Waals surface area contributed by atoms with Gasteiger partial charge in [-0.3, -0.25) is 34.2 Å². The number of amides is 3. The summed E-state index contributed by atoms with van der Waals surface area (Å²) in [6, 6.07) is 19.0. The first-order chi connectivity index (χ1) is 22.7. The molecule has 238 valence electrons. The lowest BCUT2D eigenvalue weighted by Gasteiger charge is -2.43. The zero-order chi connectivity index (χ0) is 32.6. The topological polar surface area (TPSA) is 172 Å². The molecular weight excluding hydrogens is 645 g/mol. The fraction of sp³-hybridized carbons (Fsp3) is 0.273. The standard InChI is InChI=1S/C33H26N4O8S2/c38-19-9-3-16(4-10-19)34-23(39)14-45-20-11-1-15(2-12-20)24-25-21-13-22(28(25)46-30-29(24)47-33(42)35-30)27-26(21)31(40)36(32(27)41)17-5-7-18(8-6-17)37(43)44/h1-12,21-22,24-28,38H,13-14H2,(H,34,39)(H,35,42)/t21-,22-,24+,25-,26+,27+,28-/m1/s1. The third kappa shape index (κ3) is 4.81. The van der Waals surface area contributed by atoms with Crippen molar-refractivity contribution in [2.45, 2.75) is 22.6 Å². The van der Waals surface area contributed by atoms with E-state index in [-0.39, 0.29) is 69.6 Å². The summed E-state index contributed by atoms with van der Waals surface area (Å²) in [6.07, 6.45) is 0.732. The van der Waals surface area contributed by atoms with Crippen LogP contribution in [0.1, 0.15) is 22.8 Å². The Morgan fingerprint density at radius 1 is 0.979 bits per heavy atom. The lowest BCUT2D eigenvalue weighted by atomic mass is 9.68. The predicted molar refractivity (Wildman–Crippen MR) is 173 cm³/mol. The van der Waals surface area contributed by atoms with Crippen molar-refractivity contribution >= 4 is 57.9 Å². The van der Waals surface area contributed by atoms with Crippen molar-refractivity contribution in [2.75, 3.05) is 16.8 Å². The molecule has 0 spiro atoms. The summed E-state index contributed by atoms with van der Waals surface area (Å²) in [6.45, 7) is -0.219. The number of fused-ring (bicyclic) bond motifs is 9. The zero-order valence-electron chi connectivity index (χ0n) is 24.4. The molecule has 12 nitrogen and oxygen atoms in total. The highest BCUT2D eigenvalue weighted by molar-refractivity contribution is 8.00. The Labute approximate surface area is 274 Å². The van der Waals surface area contributed by atoms with E-state index < -0.39 is 16.8 Å². The molecule has 2 bridgehead atoms. The molecule has 1 aromatic heterocycles. The number of thioether (sulfide) groups is 1. The third-order valence-corrected chi connectivity index (χ3v) is 12.4. The van der Waals surface area contributed by atoms with E-state index in [1.165, 1.54) is 52.6 Å². The number of nitro benzene ring substituents is 1. The smallest absolute Gasteiger partial charge is 0.305 e. The van der Waals surface area contributed by atoms with Crippen molar-refractivity contribution in [2.24, 2.45) is 29.6 Å². The number of nitrogens with one attached hydrogen (secondary N) is 2. The lowest BCUT2D eigenvalue weighted by molar-refractivity contribution is -0.384. The van der Waals surface area contributed by atoms with Crippen LogP contribution in [0.15, 0.2) is 82.6 Å². The number of nitro groups is 1. The van der Waals surface area contributed by atoms with Crippen molar-refractivity contribution < 1.29 is 29.2 Å². The number of thiazole rings is 1. The van der Waals surface area contributed by atoms with E-state index in [1.807, 2.05) is 12.1 Å². The fourth-order valence-electron chi connectivity index (χ4n) is 8.03. The molecule has 3 amide bonds. The molecule has 2 aliphatic carbocycles. The monoisotopic (exact) mass is 670 g/mol. The Balaban J connectivity index is 1.05. The largest absolute Gasteiger partial charge is 0.508 e. The Hall–Kier alpha value is -4.95. The predicted octanol–water partition coefficient (Wildman–Crippen LogP) is 4.75. The van der Waals surface area contributed by atoms with Gasteiger partial charge in [0.05, 0.1) is 27.5 Å². The number of anilines is 2. The molecule has 7 atom stereocenters. The normalized spacial score (nSPS) is 26.9. The summed E-state index contributed by atoms with van der Waals surface area (Å²) in [5.41, 5.74) is 1.70. The number of phenols is 1. The maximum Gasteiger partial charge on any atom is 0.305 e. The molecule has 2 aliphatic heterocycles. The summed E-state index contributed by atoms with van der Waals surface area (Å²) in [4.78, 5) is 68.3. The van der Waals surface area contributed by atoms with E-state index in [9.17, 15) is 34.4 Å². The molecule has 47 heavy (non-hydrogen) atoms. The second kappa shape index (κ2) is 11.1. The Kier molecular flexibility index (Phi) is 6.95. The molecule has 8 rings (SSSR count). The average molecular weight is 671 g/mol. The van der Waals surface area contributed by atoms with Crippen LogP contribution in [-0.4, -0.2) is 44.6 Å². The maximum absolute atomic E-state index is 13.9. The molecular formula is C33H26N4O8S2. The van der Waals surface area contributed by atoms with Gasteiger partial charge in [-0.05, 0) is 78.3 Å². The van der Waals surface area contributed by atoms with Gasteiger partial charge < -0.3 is 20.1 Å². The Morgan fingerprint density at radius 2 is 1.66 bits per heavy atom. The molecule has 4 aromatic rings. The number of imide groups is 1. The number of phenolic OH excluding ortho intramolecular Hbond substituents is 1. The molecule has 14 heteroatoms. The Morgan fingerprint density at radius 3 is 2.34 bits per heavy atom. The van der Waals surface area contributed by atoms with Crippen molar-refractivity contribution in [3.05, 3.63) is 103 Å². The number of benzene rings is 3. The highest BCUT2D eigenvalue weighted by atomic mass is 32.2. The minimum Gasteiger partial charge on any atom is -0.508 e. The molecule has 3 fully saturated rings. The molecule has 3 heterocycles. The molecule has 0 radical (unpaired) electrons. The number of carbonyl (C=O) groups excluding carboxylic acids is 3. The fourth-order valence-corrected chi connectivity index (χ4v) is 10.9. The highest BCUT2D eigenvalue weighted by Gasteiger charge is 2.69. The number of aromatic hydroxyl groups is 1. The number of hydrogen-bond donors (Lipinski definition) is 3. The van der Waals surface area contributed by atoms with Crippen molar-refractivity contribution in [3.63, 3.8) is 0 Å². The van der Waals surface area contributed by atoms with Gasteiger partial charge in [0.2, 0.25) is 11.8 Å². The van der Waals surface area contributed by atoms with Gasteiger partial charge in [-0.25, -0.2) is 0 Å². The van der Waals surface area contributed by atoms with E-state index in [4.69, 9.17) is 4.74 Å². The van der Waals surface area contributed by atoms with Crippen molar-refractivity contribution in [3.8, 4) is 11.5 Å². The first-order valence-corrected chi connectivity index (χ1v) is 16.7. The van der Waals surface area contributed by atoms with Gasteiger partial charge in [0.1, 0.15) is 11.5 Å². The number of aromatic nitrogens is 1. The second-order valence-electron chi connectivity index (χ2n) is 12.2. The number of hydrogen-bond acceptors (Lipinski definition) is 10. The van der Waals surface area contributed by atoms with Gasteiger partial charge in [0.25, 0.3) is 11.6 Å². The van der Waals surface area contributed by atoms with Crippen molar-refractivity contribution in [1.82, 2.24) is 4.98 Å². The van der Waals surface area contributed by atoms with Crippen molar-refractivity contribution in [1.29, 1.82) is 0 Å². The average Bonchev–Trinajstić information content (AvgIpc) is 3.80. The number of non-ortho nitro benzene ring substituents is 1. The van der Waals surface area contributed by atoms with Gasteiger partial charge in [0, 0.05) is 33.9 Å². The number of rotatable bonds is 7. The summed E-state index contributed by atoms with van der Waals surface area (Å²) in [5.74, 6) is -1.62. The molecule has 3 aromatic carbocycles. The van der Waals surface area contributed by atoms with E-state index in [1.54, 1.807) is 36.0 Å². The van der Waals surface area contributed by atoms with Gasteiger partial charge in [-0.2, -0.15) is 0 Å². The molecule has 0 unspecified atom stereocenters. The van der Waals surface area contributed by atoms with Crippen LogP contribution >= 0.6 is 23.1 Å². The van der Waals surface area contributed by atoms with Gasteiger partial charge in [-0.1, -0.05) is 23.5 Å². The van der Waals surface area contributed by atoms with Crippen LogP contribution in [0.25, 0.3) is 0 Å². The summed E-state index contributed by atoms with van der Waals surface area (Å²) in [5, 5.41) is 24.1.